The zero-order valence-electron chi connectivity index (χ0n) is 19.1. The van der Waals surface area contributed by atoms with Crippen molar-refractivity contribution in [1.29, 1.82) is 0 Å². The first-order valence-electron chi connectivity index (χ1n) is 10.7. The van der Waals surface area contributed by atoms with Crippen LogP contribution in [0.2, 0.25) is 0 Å². The molecule has 1 aliphatic heterocycles. The molecule has 1 aliphatic rings. The highest BCUT2D eigenvalue weighted by molar-refractivity contribution is 7.98. The quantitative estimate of drug-likeness (QED) is 0.405. The molecule has 0 bridgehead atoms. The van der Waals surface area contributed by atoms with E-state index in [0.717, 1.165) is 22.6 Å². The monoisotopic (exact) mass is 448 g/mol. The van der Waals surface area contributed by atoms with Gasteiger partial charge in [-0.25, -0.2) is 9.48 Å². The zero-order valence-corrected chi connectivity index (χ0v) is 19.9. The summed E-state index contributed by atoms with van der Waals surface area (Å²) < 4.78 is 7.18. The number of nitrogens with zero attached hydrogens (tertiary/aromatic N) is 3. The maximum Gasteiger partial charge on any atom is 0.338 e. The molecule has 1 N–H and O–H groups in total. The van der Waals surface area contributed by atoms with Gasteiger partial charge in [0.25, 0.3) is 0 Å². The van der Waals surface area contributed by atoms with Crippen molar-refractivity contribution in [2.24, 2.45) is 0 Å². The van der Waals surface area contributed by atoms with Gasteiger partial charge in [-0.15, -0.1) is 5.10 Å². The highest BCUT2D eigenvalue weighted by Crippen LogP contribution is 2.37. The van der Waals surface area contributed by atoms with Crippen LogP contribution in [-0.4, -0.2) is 27.3 Å². The van der Waals surface area contributed by atoms with Crippen LogP contribution in [0.3, 0.4) is 0 Å². The highest BCUT2D eigenvalue weighted by atomic mass is 32.2. The van der Waals surface area contributed by atoms with Crippen LogP contribution < -0.4 is 5.32 Å². The van der Waals surface area contributed by atoms with Crippen LogP contribution in [-0.2, 0) is 15.3 Å². The van der Waals surface area contributed by atoms with E-state index in [1.807, 2.05) is 45.0 Å². The second-order valence-electron chi connectivity index (χ2n) is 8.08. The lowest BCUT2D eigenvalue weighted by molar-refractivity contribution is -0.139. The highest BCUT2D eigenvalue weighted by Gasteiger charge is 2.35. The molecular weight excluding hydrogens is 420 g/mol. The molecule has 0 saturated heterocycles. The molecule has 2 aromatic carbocycles. The number of rotatable bonds is 6. The number of carbonyl (C=O) groups is 1. The number of hydrogen-bond donors (Lipinski definition) is 1. The van der Waals surface area contributed by atoms with E-state index in [4.69, 9.17) is 14.8 Å². The van der Waals surface area contributed by atoms with Crippen molar-refractivity contribution < 1.29 is 9.53 Å². The molecule has 0 saturated carbocycles. The van der Waals surface area contributed by atoms with E-state index < -0.39 is 6.04 Å². The Morgan fingerprint density at radius 2 is 1.81 bits per heavy atom. The number of esters is 1. The van der Waals surface area contributed by atoms with Crippen LogP contribution >= 0.6 is 11.8 Å². The van der Waals surface area contributed by atoms with Gasteiger partial charge in [-0.3, -0.25) is 0 Å². The summed E-state index contributed by atoms with van der Waals surface area (Å²) in [4.78, 5) is 17.6. The molecular formula is C25H28N4O2S. The number of benzene rings is 2. The second kappa shape index (κ2) is 9.20. The molecule has 3 aromatic rings. The van der Waals surface area contributed by atoms with Crippen molar-refractivity contribution in [1.82, 2.24) is 14.8 Å². The SMILES string of the molecule is CCOC(=O)C1=C(C)Nc2nc(SCc3cc(C)ccc3C)nn2[C@H]1c1ccc(C)cc1. The first-order valence-corrected chi connectivity index (χ1v) is 11.7. The van der Waals surface area contributed by atoms with Crippen LogP contribution in [0.15, 0.2) is 58.9 Å². The Morgan fingerprint density at radius 1 is 1.09 bits per heavy atom. The number of allylic oxidation sites excluding steroid dienone is 1. The molecule has 1 aromatic heterocycles. The number of ether oxygens (including phenoxy) is 1. The van der Waals surface area contributed by atoms with E-state index in [9.17, 15) is 4.79 Å². The fourth-order valence-electron chi connectivity index (χ4n) is 3.82. The molecule has 0 unspecified atom stereocenters. The van der Waals surface area contributed by atoms with E-state index in [2.05, 4.69) is 37.4 Å². The molecule has 6 nitrogen and oxygen atoms in total. The molecule has 2 heterocycles. The van der Waals surface area contributed by atoms with Gasteiger partial charge in [-0.2, -0.15) is 4.98 Å². The Labute approximate surface area is 193 Å². The Kier molecular flexibility index (Phi) is 6.37. The number of thioether (sulfide) groups is 1. The standard InChI is InChI=1S/C25H28N4O2S/c1-6-31-23(30)21-18(5)26-24-27-25(32-14-20-13-16(3)7-10-17(20)4)28-29(24)22(21)19-11-8-15(2)9-12-19/h7-13,22H,6,14H2,1-5H3,(H,26,27,28)/t22-/m0/s1. The third-order valence-electron chi connectivity index (χ3n) is 5.58. The third-order valence-corrected chi connectivity index (χ3v) is 6.47. The van der Waals surface area contributed by atoms with Gasteiger partial charge < -0.3 is 10.1 Å². The minimum absolute atomic E-state index is 0.317. The summed E-state index contributed by atoms with van der Waals surface area (Å²) in [5.41, 5.74) is 7.18. The van der Waals surface area contributed by atoms with Gasteiger partial charge in [0.05, 0.1) is 12.2 Å². The van der Waals surface area contributed by atoms with E-state index in [1.54, 1.807) is 16.4 Å². The largest absolute Gasteiger partial charge is 0.463 e. The van der Waals surface area contributed by atoms with Gasteiger partial charge in [0.1, 0.15) is 6.04 Å². The molecule has 32 heavy (non-hydrogen) atoms. The summed E-state index contributed by atoms with van der Waals surface area (Å²) in [7, 11) is 0. The molecule has 7 heteroatoms. The smallest absolute Gasteiger partial charge is 0.338 e. The average Bonchev–Trinajstić information content (AvgIpc) is 3.16. The lowest BCUT2D eigenvalue weighted by Gasteiger charge is -2.28. The number of anilines is 1. The van der Waals surface area contributed by atoms with Gasteiger partial charge in [0.2, 0.25) is 11.1 Å². The molecule has 0 radical (unpaired) electrons. The number of hydrogen-bond acceptors (Lipinski definition) is 6. The van der Waals surface area contributed by atoms with Gasteiger partial charge in [0, 0.05) is 11.4 Å². The van der Waals surface area contributed by atoms with Crippen LogP contribution in [0.25, 0.3) is 0 Å². The molecule has 1 atom stereocenters. The Hall–Kier alpha value is -3.06. The average molecular weight is 449 g/mol. The van der Waals surface area contributed by atoms with Crippen LogP contribution in [0.4, 0.5) is 5.95 Å². The fraction of sp³-hybridized carbons (Fsp3) is 0.320. The summed E-state index contributed by atoms with van der Waals surface area (Å²) in [5, 5.41) is 8.71. The predicted octanol–water partition coefficient (Wildman–Crippen LogP) is 5.35. The van der Waals surface area contributed by atoms with Crippen molar-refractivity contribution in [2.45, 2.75) is 51.6 Å². The molecule has 166 valence electrons. The number of aryl methyl sites for hydroxylation is 3. The Bertz CT molecular complexity index is 1180. The van der Waals surface area contributed by atoms with Gasteiger partial charge in [0.15, 0.2) is 0 Å². The van der Waals surface area contributed by atoms with Gasteiger partial charge >= 0.3 is 5.97 Å². The van der Waals surface area contributed by atoms with E-state index in [0.29, 0.717) is 23.3 Å². The maximum absolute atomic E-state index is 12.9. The summed E-state index contributed by atoms with van der Waals surface area (Å²) >= 11 is 1.59. The summed E-state index contributed by atoms with van der Waals surface area (Å²) in [5.74, 6) is 1.07. The van der Waals surface area contributed by atoms with E-state index in [-0.39, 0.29) is 5.97 Å². The van der Waals surface area contributed by atoms with Gasteiger partial charge in [-0.05, 0) is 51.3 Å². The van der Waals surface area contributed by atoms with Crippen LogP contribution in [0.5, 0.6) is 0 Å². The first kappa shape index (κ1) is 22.1. The van der Waals surface area contributed by atoms with Crippen LogP contribution in [0.1, 0.15) is 47.7 Å². The Morgan fingerprint density at radius 3 is 2.53 bits per heavy atom. The fourth-order valence-corrected chi connectivity index (χ4v) is 4.71. The number of nitrogens with one attached hydrogen (secondary N) is 1. The lowest BCUT2D eigenvalue weighted by Crippen LogP contribution is -2.29. The van der Waals surface area contributed by atoms with E-state index in [1.165, 1.54) is 16.7 Å². The minimum atomic E-state index is -0.395. The summed E-state index contributed by atoms with van der Waals surface area (Å²) in [6.07, 6.45) is 0. The summed E-state index contributed by atoms with van der Waals surface area (Å²) in [6.45, 7) is 10.3. The van der Waals surface area contributed by atoms with Crippen molar-refractivity contribution in [3.8, 4) is 0 Å². The number of fused-ring (bicyclic) bond motifs is 1. The zero-order chi connectivity index (χ0) is 22.8. The first-order chi connectivity index (χ1) is 15.4. The van der Waals surface area contributed by atoms with Gasteiger partial charge in [-0.1, -0.05) is 65.4 Å². The van der Waals surface area contributed by atoms with Crippen molar-refractivity contribution >= 4 is 23.7 Å². The normalized spacial score (nSPS) is 15.3. The maximum atomic E-state index is 12.9. The number of aromatic nitrogens is 3. The Balaban J connectivity index is 1.69. The second-order valence-corrected chi connectivity index (χ2v) is 9.02. The topological polar surface area (TPSA) is 69.0 Å². The minimum Gasteiger partial charge on any atom is -0.463 e. The van der Waals surface area contributed by atoms with Crippen LogP contribution in [0, 0.1) is 20.8 Å². The van der Waals surface area contributed by atoms with Crippen molar-refractivity contribution in [3.63, 3.8) is 0 Å². The van der Waals surface area contributed by atoms with Crippen molar-refractivity contribution in [3.05, 3.63) is 81.6 Å². The molecule has 4 rings (SSSR count). The summed E-state index contributed by atoms with van der Waals surface area (Å²) in [6, 6.07) is 14.2. The number of carbonyl (C=O) groups excluding carboxylic acids is 1. The van der Waals surface area contributed by atoms with E-state index >= 15 is 0 Å². The molecule has 0 fully saturated rings. The molecule has 0 amide bonds. The lowest BCUT2D eigenvalue weighted by atomic mass is 9.95. The third kappa shape index (κ3) is 4.43. The molecule has 0 aliphatic carbocycles. The molecule has 0 spiro atoms. The van der Waals surface area contributed by atoms with Crippen molar-refractivity contribution in [2.75, 3.05) is 11.9 Å². The predicted molar refractivity (Wildman–Crippen MR) is 128 cm³/mol.